The maximum absolute atomic E-state index is 12.8. The van der Waals surface area contributed by atoms with Gasteiger partial charge in [0.25, 0.3) is 11.8 Å². The van der Waals surface area contributed by atoms with Gasteiger partial charge in [0.05, 0.1) is 0 Å². The smallest absolute Gasteiger partial charge is 0.332 e. The Balaban J connectivity index is 1.72. The van der Waals surface area contributed by atoms with E-state index in [1.165, 1.54) is 18.0 Å². The summed E-state index contributed by atoms with van der Waals surface area (Å²) in [6, 6.07) is 12.4. The number of hydrogen-bond donors (Lipinski definition) is 2. The van der Waals surface area contributed by atoms with Crippen LogP contribution in [-0.2, 0) is 9.59 Å². The first-order valence-corrected chi connectivity index (χ1v) is 9.15. The van der Waals surface area contributed by atoms with Gasteiger partial charge in [-0.1, -0.05) is 23.8 Å². The van der Waals surface area contributed by atoms with E-state index in [0.717, 1.165) is 10.5 Å². The highest BCUT2D eigenvalue weighted by molar-refractivity contribution is 6.16. The van der Waals surface area contributed by atoms with E-state index in [-0.39, 0.29) is 5.91 Å². The first kappa shape index (κ1) is 20.1. The molecule has 8 nitrogen and oxygen atoms in total. The van der Waals surface area contributed by atoms with Gasteiger partial charge < -0.3 is 10.6 Å². The van der Waals surface area contributed by atoms with Gasteiger partial charge in [-0.2, -0.15) is 0 Å². The number of benzene rings is 2. The molecule has 0 spiro atoms. The van der Waals surface area contributed by atoms with Gasteiger partial charge in [0.2, 0.25) is 5.91 Å². The molecule has 0 radical (unpaired) electrons. The summed E-state index contributed by atoms with van der Waals surface area (Å²) in [6.45, 7) is 3.15. The molecule has 0 bridgehead atoms. The summed E-state index contributed by atoms with van der Waals surface area (Å²) in [6.07, 6.45) is 0. The van der Waals surface area contributed by atoms with Crippen LogP contribution in [0.25, 0.3) is 0 Å². The summed E-state index contributed by atoms with van der Waals surface area (Å²) in [5.41, 5.74) is 2.42. The fourth-order valence-electron chi connectivity index (χ4n) is 3.14. The van der Waals surface area contributed by atoms with Crippen molar-refractivity contribution in [1.29, 1.82) is 0 Å². The van der Waals surface area contributed by atoms with Crippen LogP contribution < -0.4 is 15.5 Å². The molecule has 5 amide bonds. The van der Waals surface area contributed by atoms with Gasteiger partial charge in [0.1, 0.15) is 12.6 Å². The molecule has 1 heterocycles. The van der Waals surface area contributed by atoms with Crippen molar-refractivity contribution in [2.24, 2.45) is 0 Å². The Labute approximate surface area is 168 Å². The summed E-state index contributed by atoms with van der Waals surface area (Å²) in [7, 11) is 1.51. The monoisotopic (exact) mass is 394 g/mol. The Kier molecular flexibility index (Phi) is 5.63. The van der Waals surface area contributed by atoms with E-state index >= 15 is 0 Å². The van der Waals surface area contributed by atoms with Crippen LogP contribution in [0.5, 0.6) is 0 Å². The first-order chi connectivity index (χ1) is 13.8. The Morgan fingerprint density at radius 3 is 2.41 bits per heavy atom. The minimum absolute atomic E-state index is 0.284. The lowest BCUT2D eigenvalue weighted by Crippen LogP contribution is -2.39. The minimum atomic E-state index is -0.699. The predicted octanol–water partition coefficient (Wildman–Crippen LogP) is 2.15. The van der Waals surface area contributed by atoms with Gasteiger partial charge in [-0.25, -0.2) is 4.79 Å². The normalized spacial score (nSPS) is 16.2. The van der Waals surface area contributed by atoms with E-state index in [1.54, 1.807) is 37.3 Å². The zero-order chi connectivity index (χ0) is 21.1. The van der Waals surface area contributed by atoms with Crippen molar-refractivity contribution in [2.75, 3.05) is 23.8 Å². The zero-order valence-electron chi connectivity index (χ0n) is 16.4. The molecule has 0 unspecified atom stereocenters. The summed E-state index contributed by atoms with van der Waals surface area (Å²) < 4.78 is 0. The third kappa shape index (κ3) is 4.11. The largest absolute Gasteiger partial charge is 0.355 e. The summed E-state index contributed by atoms with van der Waals surface area (Å²) in [5.74, 6) is -1.25. The van der Waals surface area contributed by atoms with Crippen molar-refractivity contribution in [3.05, 3.63) is 59.7 Å². The van der Waals surface area contributed by atoms with Gasteiger partial charge >= 0.3 is 6.03 Å². The SMILES string of the molecule is CNC(=O)c1cccc(NC(=O)CN2C(=O)[C@@H](C)N(c3ccc(C)cc3)C2=O)c1. The van der Waals surface area contributed by atoms with Crippen molar-refractivity contribution in [1.82, 2.24) is 10.2 Å². The predicted molar refractivity (Wildman–Crippen MR) is 109 cm³/mol. The first-order valence-electron chi connectivity index (χ1n) is 9.15. The van der Waals surface area contributed by atoms with E-state index in [1.807, 2.05) is 19.1 Å². The van der Waals surface area contributed by atoms with Crippen molar-refractivity contribution < 1.29 is 19.2 Å². The zero-order valence-corrected chi connectivity index (χ0v) is 16.4. The van der Waals surface area contributed by atoms with Gasteiger partial charge in [0, 0.05) is 24.0 Å². The molecule has 8 heteroatoms. The molecule has 150 valence electrons. The number of aryl methyl sites for hydroxylation is 1. The molecule has 3 rings (SSSR count). The molecule has 1 atom stereocenters. The highest BCUT2D eigenvalue weighted by Crippen LogP contribution is 2.26. The lowest BCUT2D eigenvalue weighted by molar-refractivity contribution is -0.130. The van der Waals surface area contributed by atoms with Crippen LogP contribution in [0.15, 0.2) is 48.5 Å². The number of carbonyl (C=O) groups is 4. The van der Waals surface area contributed by atoms with Crippen molar-refractivity contribution in [2.45, 2.75) is 19.9 Å². The van der Waals surface area contributed by atoms with Crippen LogP contribution in [0.2, 0.25) is 0 Å². The van der Waals surface area contributed by atoms with Gasteiger partial charge in [0.15, 0.2) is 0 Å². The molecular formula is C21H22N4O4. The Morgan fingerprint density at radius 1 is 1.07 bits per heavy atom. The van der Waals surface area contributed by atoms with E-state index < -0.39 is 30.4 Å². The Morgan fingerprint density at radius 2 is 1.76 bits per heavy atom. The molecule has 0 saturated carbocycles. The third-order valence-corrected chi connectivity index (χ3v) is 4.70. The minimum Gasteiger partial charge on any atom is -0.355 e. The summed E-state index contributed by atoms with van der Waals surface area (Å²) >= 11 is 0. The number of nitrogens with zero attached hydrogens (tertiary/aromatic N) is 2. The second-order valence-electron chi connectivity index (χ2n) is 6.80. The summed E-state index contributed by atoms with van der Waals surface area (Å²) in [4.78, 5) is 51.8. The number of imide groups is 1. The quantitative estimate of drug-likeness (QED) is 0.759. The molecular weight excluding hydrogens is 372 g/mol. The van der Waals surface area contributed by atoms with Crippen LogP contribution >= 0.6 is 0 Å². The number of hydrogen-bond acceptors (Lipinski definition) is 4. The molecule has 29 heavy (non-hydrogen) atoms. The number of rotatable bonds is 5. The molecule has 1 aliphatic rings. The number of urea groups is 1. The van der Waals surface area contributed by atoms with Crippen LogP contribution in [0, 0.1) is 6.92 Å². The molecule has 2 aromatic carbocycles. The Hall–Kier alpha value is -3.68. The second-order valence-corrected chi connectivity index (χ2v) is 6.80. The lowest BCUT2D eigenvalue weighted by Gasteiger charge is -2.19. The van der Waals surface area contributed by atoms with Crippen LogP contribution in [-0.4, -0.2) is 48.3 Å². The topological polar surface area (TPSA) is 98.8 Å². The molecule has 0 aliphatic carbocycles. The molecule has 1 fully saturated rings. The molecule has 2 N–H and O–H groups in total. The van der Waals surface area contributed by atoms with Gasteiger partial charge in [-0.15, -0.1) is 0 Å². The van der Waals surface area contributed by atoms with Crippen molar-refractivity contribution >= 4 is 35.1 Å². The molecule has 2 aromatic rings. The number of anilines is 2. The van der Waals surface area contributed by atoms with Gasteiger partial charge in [-0.05, 0) is 44.2 Å². The highest BCUT2D eigenvalue weighted by Gasteiger charge is 2.44. The van der Waals surface area contributed by atoms with E-state index in [9.17, 15) is 19.2 Å². The highest BCUT2D eigenvalue weighted by atomic mass is 16.2. The summed E-state index contributed by atoms with van der Waals surface area (Å²) in [5, 5.41) is 5.13. The van der Waals surface area contributed by atoms with Crippen LogP contribution in [0.4, 0.5) is 16.2 Å². The van der Waals surface area contributed by atoms with Crippen molar-refractivity contribution in [3.8, 4) is 0 Å². The second kappa shape index (κ2) is 8.14. The standard InChI is InChI=1S/C21H22N4O4/c1-13-7-9-17(10-8-13)25-14(2)20(28)24(21(25)29)12-18(26)23-16-6-4-5-15(11-16)19(27)22-3/h4-11,14H,12H2,1-3H3,(H,22,27)(H,23,26)/t14-/m1/s1. The number of carbonyl (C=O) groups excluding carboxylic acids is 4. The van der Waals surface area contributed by atoms with E-state index in [4.69, 9.17) is 0 Å². The van der Waals surface area contributed by atoms with Crippen LogP contribution in [0.3, 0.4) is 0 Å². The fourth-order valence-corrected chi connectivity index (χ4v) is 3.14. The molecule has 1 aliphatic heterocycles. The van der Waals surface area contributed by atoms with E-state index in [2.05, 4.69) is 10.6 Å². The molecule has 1 saturated heterocycles. The average molecular weight is 394 g/mol. The lowest BCUT2D eigenvalue weighted by atomic mass is 10.2. The number of nitrogens with one attached hydrogen (secondary N) is 2. The van der Waals surface area contributed by atoms with Gasteiger partial charge in [-0.3, -0.25) is 24.2 Å². The van der Waals surface area contributed by atoms with Crippen molar-refractivity contribution in [3.63, 3.8) is 0 Å². The maximum atomic E-state index is 12.8. The van der Waals surface area contributed by atoms with E-state index in [0.29, 0.717) is 16.9 Å². The Bertz CT molecular complexity index is 971. The average Bonchev–Trinajstić information content (AvgIpc) is 2.91. The number of amides is 5. The van der Waals surface area contributed by atoms with Crippen LogP contribution in [0.1, 0.15) is 22.8 Å². The third-order valence-electron chi connectivity index (χ3n) is 4.70. The maximum Gasteiger partial charge on any atom is 0.332 e. The fraction of sp³-hybridized carbons (Fsp3) is 0.238. The molecule has 0 aromatic heterocycles.